The van der Waals surface area contributed by atoms with E-state index < -0.39 is 6.03 Å². The Balaban J connectivity index is 0.000000239. The van der Waals surface area contributed by atoms with E-state index in [0.717, 1.165) is 23.2 Å². The standard InChI is InChI=1S/C16H14FNO.C8H10N2O.CH5N/c17-15-11-13(18-10-4-7-16(18)19)8-9-14(15)12-5-2-1-3-6-12;1-6-2-4-7(5-3-6)10-8(9)11;1-2/h1-3,5-6,8-9,11H,4,7,10H2;2-5H,1H3,(H3,9,10,11);2H2,1H3. The normalized spacial score (nSPS) is 12.2. The van der Waals surface area contributed by atoms with Gasteiger partial charge >= 0.3 is 6.03 Å². The molecule has 3 aromatic carbocycles. The van der Waals surface area contributed by atoms with Crippen molar-refractivity contribution in [3.05, 3.63) is 84.2 Å². The maximum Gasteiger partial charge on any atom is 0.316 e. The second-order valence-electron chi connectivity index (χ2n) is 7.03. The second-order valence-corrected chi connectivity index (χ2v) is 7.03. The smallest absolute Gasteiger partial charge is 0.316 e. The molecule has 0 radical (unpaired) electrons. The molecule has 3 amide bonds. The van der Waals surface area contributed by atoms with E-state index >= 15 is 0 Å². The van der Waals surface area contributed by atoms with Crippen molar-refractivity contribution in [3.63, 3.8) is 0 Å². The molecule has 1 heterocycles. The third-order valence-corrected chi connectivity index (χ3v) is 4.74. The topological polar surface area (TPSA) is 101 Å². The van der Waals surface area contributed by atoms with Crippen molar-refractivity contribution in [2.24, 2.45) is 11.5 Å². The third-order valence-electron chi connectivity index (χ3n) is 4.74. The molecule has 0 aromatic heterocycles. The Labute approximate surface area is 188 Å². The van der Waals surface area contributed by atoms with Gasteiger partial charge in [-0.25, -0.2) is 9.18 Å². The molecule has 1 aliphatic heterocycles. The van der Waals surface area contributed by atoms with Crippen molar-refractivity contribution in [2.75, 3.05) is 23.8 Å². The fraction of sp³-hybridized carbons (Fsp3) is 0.200. The van der Waals surface area contributed by atoms with Crippen molar-refractivity contribution in [3.8, 4) is 11.1 Å². The van der Waals surface area contributed by atoms with Crippen molar-refractivity contribution in [2.45, 2.75) is 19.8 Å². The van der Waals surface area contributed by atoms with Crippen LogP contribution in [-0.2, 0) is 4.79 Å². The summed E-state index contributed by atoms with van der Waals surface area (Å²) < 4.78 is 14.2. The first-order valence-electron chi connectivity index (χ1n) is 10.3. The first-order valence-corrected chi connectivity index (χ1v) is 10.3. The molecule has 1 fully saturated rings. The molecule has 0 unspecified atom stereocenters. The minimum atomic E-state index is -0.533. The minimum absolute atomic E-state index is 0.0758. The van der Waals surface area contributed by atoms with E-state index in [1.165, 1.54) is 13.1 Å². The predicted octanol–water partition coefficient (Wildman–Crippen LogP) is 4.68. The van der Waals surface area contributed by atoms with Gasteiger partial charge < -0.3 is 21.7 Å². The number of urea groups is 1. The summed E-state index contributed by atoms with van der Waals surface area (Å²) in [6, 6.07) is 21.3. The number of nitrogens with two attached hydrogens (primary N) is 2. The number of nitrogens with one attached hydrogen (secondary N) is 1. The van der Waals surface area contributed by atoms with Gasteiger partial charge in [0.2, 0.25) is 5.91 Å². The fourth-order valence-corrected chi connectivity index (χ4v) is 3.22. The summed E-state index contributed by atoms with van der Waals surface area (Å²) in [5.41, 5.74) is 13.4. The van der Waals surface area contributed by atoms with Gasteiger partial charge in [0.05, 0.1) is 0 Å². The number of anilines is 2. The van der Waals surface area contributed by atoms with Gasteiger partial charge in [-0.1, -0.05) is 48.0 Å². The highest BCUT2D eigenvalue weighted by Crippen LogP contribution is 2.28. The van der Waals surface area contributed by atoms with Gasteiger partial charge in [0, 0.05) is 29.9 Å². The van der Waals surface area contributed by atoms with Crippen molar-refractivity contribution < 1.29 is 14.0 Å². The summed E-state index contributed by atoms with van der Waals surface area (Å²) in [6.07, 6.45) is 1.41. The second kappa shape index (κ2) is 12.2. The van der Waals surface area contributed by atoms with Crippen LogP contribution in [0.4, 0.5) is 20.6 Å². The predicted molar refractivity (Wildman–Crippen MR) is 128 cm³/mol. The van der Waals surface area contributed by atoms with Gasteiger partial charge in [0.15, 0.2) is 0 Å². The monoisotopic (exact) mass is 436 g/mol. The summed E-state index contributed by atoms with van der Waals surface area (Å²) in [6.45, 7) is 2.66. The van der Waals surface area contributed by atoms with Crippen LogP contribution in [0.25, 0.3) is 11.1 Å². The van der Waals surface area contributed by atoms with Gasteiger partial charge in [-0.3, -0.25) is 4.79 Å². The van der Waals surface area contributed by atoms with Crippen LogP contribution in [0.1, 0.15) is 18.4 Å². The zero-order chi connectivity index (χ0) is 23.5. The lowest BCUT2D eigenvalue weighted by Gasteiger charge is -2.16. The molecule has 0 atom stereocenters. The van der Waals surface area contributed by atoms with E-state index in [0.29, 0.717) is 24.2 Å². The molecular formula is C25H29FN4O2. The number of halogens is 1. The van der Waals surface area contributed by atoms with Crippen LogP contribution in [0.3, 0.4) is 0 Å². The summed E-state index contributed by atoms with van der Waals surface area (Å²) in [4.78, 5) is 23.7. The van der Waals surface area contributed by atoms with Gasteiger partial charge in [0.1, 0.15) is 5.82 Å². The van der Waals surface area contributed by atoms with E-state index in [9.17, 15) is 14.0 Å². The summed E-state index contributed by atoms with van der Waals surface area (Å²) >= 11 is 0. The van der Waals surface area contributed by atoms with E-state index in [1.54, 1.807) is 23.1 Å². The lowest BCUT2D eigenvalue weighted by molar-refractivity contribution is -0.117. The third kappa shape index (κ3) is 6.92. The Bertz CT molecular complexity index is 1020. The molecule has 4 rings (SSSR count). The molecule has 1 saturated heterocycles. The number of rotatable bonds is 3. The van der Waals surface area contributed by atoms with Crippen LogP contribution in [0.5, 0.6) is 0 Å². The number of hydrogen-bond acceptors (Lipinski definition) is 3. The van der Waals surface area contributed by atoms with E-state index in [-0.39, 0.29) is 11.7 Å². The van der Waals surface area contributed by atoms with Crippen molar-refractivity contribution in [1.82, 2.24) is 0 Å². The van der Waals surface area contributed by atoms with Gasteiger partial charge in [-0.2, -0.15) is 0 Å². The van der Waals surface area contributed by atoms with Gasteiger partial charge in [-0.05, 0) is 56.3 Å². The number of hydrogen-bond donors (Lipinski definition) is 3. The summed E-state index contributed by atoms with van der Waals surface area (Å²) in [7, 11) is 1.50. The van der Waals surface area contributed by atoms with Gasteiger partial charge in [-0.15, -0.1) is 0 Å². The number of carbonyl (C=O) groups excluding carboxylic acids is 2. The maximum absolute atomic E-state index is 14.2. The highest BCUT2D eigenvalue weighted by atomic mass is 19.1. The first-order chi connectivity index (χ1) is 15.4. The van der Waals surface area contributed by atoms with Gasteiger partial charge in [0.25, 0.3) is 0 Å². The highest BCUT2D eigenvalue weighted by Gasteiger charge is 2.22. The van der Waals surface area contributed by atoms with Crippen LogP contribution in [0.15, 0.2) is 72.8 Å². The lowest BCUT2D eigenvalue weighted by atomic mass is 10.0. The minimum Gasteiger partial charge on any atom is -0.351 e. The summed E-state index contributed by atoms with van der Waals surface area (Å²) in [5, 5.41) is 2.47. The Morgan fingerprint density at radius 2 is 1.66 bits per heavy atom. The first kappa shape index (κ1) is 24.6. The Kier molecular flexibility index (Phi) is 9.38. The number of carbonyl (C=O) groups is 2. The number of amides is 3. The largest absolute Gasteiger partial charge is 0.351 e. The molecule has 0 aliphatic carbocycles. The van der Waals surface area contributed by atoms with E-state index in [4.69, 9.17) is 5.73 Å². The average Bonchev–Trinajstić information content (AvgIpc) is 3.23. The van der Waals surface area contributed by atoms with E-state index in [2.05, 4.69) is 11.1 Å². The molecule has 1 aliphatic rings. The average molecular weight is 437 g/mol. The van der Waals surface area contributed by atoms with Crippen LogP contribution < -0.4 is 21.7 Å². The van der Waals surface area contributed by atoms with Crippen molar-refractivity contribution >= 4 is 23.3 Å². The molecule has 7 heteroatoms. The number of benzene rings is 3. The molecule has 5 N–H and O–H groups in total. The molecule has 6 nitrogen and oxygen atoms in total. The number of primary amides is 1. The Morgan fingerprint density at radius 1 is 1.00 bits per heavy atom. The molecule has 0 bridgehead atoms. The zero-order valence-corrected chi connectivity index (χ0v) is 18.3. The number of nitrogens with zero attached hydrogens (tertiary/aromatic N) is 1. The molecule has 0 saturated carbocycles. The molecular weight excluding hydrogens is 407 g/mol. The Morgan fingerprint density at radius 3 is 2.19 bits per heavy atom. The zero-order valence-electron chi connectivity index (χ0n) is 18.3. The molecule has 0 spiro atoms. The van der Waals surface area contributed by atoms with Crippen LogP contribution in [0.2, 0.25) is 0 Å². The number of aryl methyl sites for hydroxylation is 1. The lowest BCUT2D eigenvalue weighted by Crippen LogP contribution is -2.23. The van der Waals surface area contributed by atoms with Crippen LogP contribution in [-0.4, -0.2) is 25.5 Å². The fourth-order valence-electron chi connectivity index (χ4n) is 3.22. The van der Waals surface area contributed by atoms with Crippen molar-refractivity contribution in [1.29, 1.82) is 0 Å². The SMILES string of the molecule is CN.Cc1ccc(NC(N)=O)cc1.O=C1CCCN1c1ccc(-c2ccccc2)c(F)c1. The highest BCUT2D eigenvalue weighted by molar-refractivity contribution is 5.95. The van der Waals surface area contributed by atoms with E-state index in [1.807, 2.05) is 55.5 Å². The molecule has 32 heavy (non-hydrogen) atoms. The molecule has 168 valence electrons. The quantitative estimate of drug-likeness (QED) is 0.556. The van der Waals surface area contributed by atoms with Crippen LogP contribution in [0, 0.1) is 12.7 Å². The summed E-state index contributed by atoms with van der Waals surface area (Å²) in [5.74, 6) is -0.213. The Hall–Kier alpha value is -3.71. The molecule has 3 aromatic rings. The van der Waals surface area contributed by atoms with Crippen LogP contribution >= 0.6 is 0 Å². The maximum atomic E-state index is 14.2.